The van der Waals surface area contributed by atoms with Gasteiger partial charge in [0, 0.05) is 11.6 Å². The van der Waals surface area contributed by atoms with Crippen LogP contribution in [-0.4, -0.2) is 27.1 Å². The molecule has 1 aliphatic rings. The molecular weight excluding hydrogens is 326 g/mol. The molecule has 1 aromatic heterocycles. The first-order valence-electron chi connectivity index (χ1n) is 8.03. The third kappa shape index (κ3) is 4.78. The highest BCUT2D eigenvalue weighted by Gasteiger charge is 2.16. The molecule has 1 aliphatic carbocycles. The van der Waals surface area contributed by atoms with E-state index in [1.807, 2.05) is 12.1 Å². The predicted octanol–water partition coefficient (Wildman–Crippen LogP) is 4.05. The monoisotopic (exact) mass is 347 g/mol. The van der Waals surface area contributed by atoms with Crippen molar-refractivity contribution in [2.45, 2.75) is 49.4 Å². The second kappa shape index (κ2) is 7.93. The van der Waals surface area contributed by atoms with Crippen LogP contribution in [0.5, 0.6) is 0 Å². The van der Waals surface area contributed by atoms with Crippen molar-refractivity contribution < 1.29 is 4.79 Å². The maximum atomic E-state index is 12.0. The molecule has 3 rings (SSSR count). The van der Waals surface area contributed by atoms with Crippen LogP contribution in [-0.2, 0) is 4.79 Å². The van der Waals surface area contributed by atoms with Crippen molar-refractivity contribution in [2.75, 3.05) is 5.75 Å². The van der Waals surface area contributed by atoms with Crippen molar-refractivity contribution in [2.24, 2.45) is 0 Å². The first-order chi connectivity index (χ1) is 11.2. The minimum Gasteiger partial charge on any atom is -0.353 e. The second-order valence-corrected chi connectivity index (χ2v) is 7.92. The molecule has 6 heteroatoms. The molecule has 1 fully saturated rings. The summed E-state index contributed by atoms with van der Waals surface area (Å²) in [6.45, 7) is 2.06. The van der Waals surface area contributed by atoms with Gasteiger partial charge in [0.1, 0.15) is 0 Å². The summed E-state index contributed by atoms with van der Waals surface area (Å²) in [5, 5.41) is 3.13. The molecule has 0 unspecified atom stereocenters. The molecule has 0 radical (unpaired) electrons. The zero-order valence-corrected chi connectivity index (χ0v) is 14.9. The standard InChI is InChI=1S/C17H21N3OS2/c1-12-7-9-13(10-8-12)16-19-17(23-20-16)22-11-15(21)18-14-5-3-2-4-6-14/h7-10,14H,2-6,11H2,1H3,(H,18,21). The molecule has 0 saturated heterocycles. The van der Waals surface area contributed by atoms with Gasteiger partial charge in [-0.05, 0) is 31.3 Å². The topological polar surface area (TPSA) is 54.9 Å². The molecule has 0 aliphatic heterocycles. The molecule has 1 saturated carbocycles. The summed E-state index contributed by atoms with van der Waals surface area (Å²) < 4.78 is 5.23. The van der Waals surface area contributed by atoms with E-state index in [2.05, 4.69) is 33.7 Å². The summed E-state index contributed by atoms with van der Waals surface area (Å²) in [5.41, 5.74) is 2.24. The maximum absolute atomic E-state index is 12.0. The first-order valence-corrected chi connectivity index (χ1v) is 9.79. The summed E-state index contributed by atoms with van der Waals surface area (Å²) in [6.07, 6.45) is 6.00. The quantitative estimate of drug-likeness (QED) is 0.829. The Morgan fingerprint density at radius 3 is 2.74 bits per heavy atom. The molecule has 122 valence electrons. The number of aromatic nitrogens is 2. The normalized spacial score (nSPS) is 15.5. The summed E-state index contributed by atoms with van der Waals surface area (Å²) >= 11 is 2.83. The fraction of sp³-hybridized carbons (Fsp3) is 0.471. The van der Waals surface area contributed by atoms with Crippen molar-refractivity contribution in [3.8, 4) is 11.4 Å². The lowest BCUT2D eigenvalue weighted by Crippen LogP contribution is -2.37. The maximum Gasteiger partial charge on any atom is 0.230 e. The third-order valence-electron chi connectivity index (χ3n) is 4.01. The van der Waals surface area contributed by atoms with Gasteiger partial charge in [-0.2, -0.15) is 4.37 Å². The van der Waals surface area contributed by atoms with Gasteiger partial charge in [-0.15, -0.1) is 0 Å². The van der Waals surface area contributed by atoms with E-state index in [0.29, 0.717) is 11.8 Å². The number of nitrogens with one attached hydrogen (secondary N) is 1. The van der Waals surface area contributed by atoms with Crippen molar-refractivity contribution in [3.63, 3.8) is 0 Å². The number of benzene rings is 1. The zero-order valence-electron chi connectivity index (χ0n) is 13.2. The number of carbonyl (C=O) groups is 1. The Labute approximate surface area is 145 Å². The van der Waals surface area contributed by atoms with E-state index in [1.165, 1.54) is 48.1 Å². The van der Waals surface area contributed by atoms with Crippen molar-refractivity contribution in [1.29, 1.82) is 0 Å². The van der Waals surface area contributed by atoms with Gasteiger partial charge in [0.25, 0.3) is 0 Å². The average Bonchev–Trinajstić information content (AvgIpc) is 3.04. The van der Waals surface area contributed by atoms with Crippen LogP contribution in [0.3, 0.4) is 0 Å². The van der Waals surface area contributed by atoms with Gasteiger partial charge in [-0.3, -0.25) is 4.79 Å². The van der Waals surface area contributed by atoms with E-state index in [4.69, 9.17) is 0 Å². The first kappa shape index (κ1) is 16.5. The van der Waals surface area contributed by atoms with Gasteiger partial charge in [0.2, 0.25) is 5.91 Å². The molecule has 4 nitrogen and oxygen atoms in total. The van der Waals surface area contributed by atoms with Gasteiger partial charge >= 0.3 is 0 Å². The van der Waals surface area contributed by atoms with Gasteiger partial charge < -0.3 is 5.32 Å². The van der Waals surface area contributed by atoms with Crippen LogP contribution in [0.1, 0.15) is 37.7 Å². The lowest BCUT2D eigenvalue weighted by atomic mass is 9.95. The molecule has 1 heterocycles. The van der Waals surface area contributed by atoms with Gasteiger partial charge in [0.05, 0.1) is 5.75 Å². The number of hydrogen-bond donors (Lipinski definition) is 1. The van der Waals surface area contributed by atoms with E-state index in [9.17, 15) is 4.79 Å². The lowest BCUT2D eigenvalue weighted by molar-refractivity contribution is -0.119. The molecule has 23 heavy (non-hydrogen) atoms. The molecule has 0 bridgehead atoms. The van der Waals surface area contributed by atoms with E-state index in [-0.39, 0.29) is 5.91 Å². The van der Waals surface area contributed by atoms with Crippen molar-refractivity contribution in [1.82, 2.24) is 14.7 Å². The van der Waals surface area contributed by atoms with Crippen molar-refractivity contribution in [3.05, 3.63) is 29.8 Å². The van der Waals surface area contributed by atoms with Crippen LogP contribution >= 0.6 is 23.3 Å². The lowest BCUT2D eigenvalue weighted by Gasteiger charge is -2.22. The minimum absolute atomic E-state index is 0.106. The number of hydrogen-bond acceptors (Lipinski definition) is 5. The van der Waals surface area contributed by atoms with Crippen LogP contribution in [0.25, 0.3) is 11.4 Å². The largest absolute Gasteiger partial charge is 0.353 e. The number of amides is 1. The van der Waals surface area contributed by atoms with Crippen LogP contribution in [0.2, 0.25) is 0 Å². The average molecular weight is 348 g/mol. The SMILES string of the molecule is Cc1ccc(-c2nsc(SCC(=O)NC3CCCCC3)n2)cc1. The Morgan fingerprint density at radius 1 is 1.26 bits per heavy atom. The number of carbonyl (C=O) groups excluding carboxylic acids is 1. The molecule has 1 N–H and O–H groups in total. The molecule has 1 amide bonds. The number of thioether (sulfide) groups is 1. The summed E-state index contributed by atoms with van der Waals surface area (Å²) in [6, 6.07) is 8.54. The van der Waals surface area contributed by atoms with Crippen LogP contribution < -0.4 is 5.32 Å². The Kier molecular flexibility index (Phi) is 5.67. The number of aryl methyl sites for hydroxylation is 1. The highest BCUT2D eigenvalue weighted by Crippen LogP contribution is 2.25. The van der Waals surface area contributed by atoms with Crippen molar-refractivity contribution >= 4 is 29.2 Å². The van der Waals surface area contributed by atoms with Crippen LogP contribution in [0.4, 0.5) is 0 Å². The molecule has 0 spiro atoms. The number of nitrogens with zero attached hydrogens (tertiary/aromatic N) is 2. The Hall–Kier alpha value is -1.40. The predicted molar refractivity (Wildman–Crippen MR) is 95.8 cm³/mol. The molecule has 0 atom stereocenters. The fourth-order valence-corrected chi connectivity index (χ4v) is 4.16. The number of rotatable bonds is 5. The zero-order chi connectivity index (χ0) is 16.1. The third-order valence-corrected chi connectivity index (χ3v) is 5.85. The van der Waals surface area contributed by atoms with E-state index in [1.54, 1.807) is 0 Å². The highest BCUT2D eigenvalue weighted by molar-refractivity contribution is 8.01. The summed E-state index contributed by atoms with van der Waals surface area (Å²) in [5.74, 6) is 1.26. The summed E-state index contributed by atoms with van der Waals surface area (Å²) in [4.78, 5) is 16.5. The minimum atomic E-state index is 0.106. The molecular formula is C17H21N3OS2. The Morgan fingerprint density at radius 2 is 2.00 bits per heavy atom. The van der Waals surface area contributed by atoms with Crippen LogP contribution in [0.15, 0.2) is 28.6 Å². The van der Waals surface area contributed by atoms with E-state index < -0.39 is 0 Å². The fourth-order valence-electron chi connectivity index (χ4n) is 2.73. The van der Waals surface area contributed by atoms with E-state index in [0.717, 1.165) is 28.6 Å². The Balaban J connectivity index is 1.50. The second-order valence-electron chi connectivity index (χ2n) is 5.94. The van der Waals surface area contributed by atoms with E-state index >= 15 is 0 Å². The van der Waals surface area contributed by atoms with Gasteiger partial charge in [-0.1, -0.05) is 60.9 Å². The van der Waals surface area contributed by atoms with Gasteiger partial charge in [-0.25, -0.2) is 4.98 Å². The highest BCUT2D eigenvalue weighted by atomic mass is 32.2. The van der Waals surface area contributed by atoms with Crippen LogP contribution in [0, 0.1) is 6.92 Å². The van der Waals surface area contributed by atoms with Gasteiger partial charge in [0.15, 0.2) is 10.2 Å². The summed E-state index contributed by atoms with van der Waals surface area (Å²) in [7, 11) is 0. The Bertz CT molecular complexity index is 648. The molecule has 1 aromatic carbocycles. The smallest absolute Gasteiger partial charge is 0.230 e. The molecule has 2 aromatic rings.